The van der Waals surface area contributed by atoms with E-state index in [0.717, 1.165) is 15.2 Å². The van der Waals surface area contributed by atoms with Crippen LogP contribution < -0.4 is 0 Å². The Morgan fingerprint density at radius 1 is 1.17 bits per heavy atom. The van der Waals surface area contributed by atoms with Gasteiger partial charge in [-0.3, -0.25) is 0 Å². The molecule has 0 unspecified atom stereocenters. The maximum atomic E-state index is 13.7. The van der Waals surface area contributed by atoms with Crippen LogP contribution in [0.4, 0.5) is 4.39 Å². The molecule has 0 aliphatic heterocycles. The topological polar surface area (TPSA) is 12.9 Å². The molecule has 0 saturated heterocycles. The first-order valence-corrected chi connectivity index (χ1v) is 6.70. The first-order chi connectivity index (χ1) is 8.72. The van der Waals surface area contributed by atoms with Crippen molar-refractivity contribution in [2.24, 2.45) is 0 Å². The van der Waals surface area contributed by atoms with Gasteiger partial charge in [0.15, 0.2) is 0 Å². The minimum atomic E-state index is -0.276. The van der Waals surface area contributed by atoms with E-state index in [4.69, 9.17) is 11.6 Å². The van der Waals surface area contributed by atoms with Crippen molar-refractivity contribution in [1.29, 1.82) is 0 Å². The van der Waals surface area contributed by atoms with Crippen molar-refractivity contribution in [3.63, 3.8) is 0 Å². The van der Waals surface area contributed by atoms with E-state index in [0.29, 0.717) is 17.0 Å². The molecule has 0 bridgehead atoms. The Kier molecular flexibility index (Phi) is 3.02. The van der Waals surface area contributed by atoms with Crippen LogP contribution >= 0.6 is 22.9 Å². The van der Waals surface area contributed by atoms with Crippen LogP contribution in [0.2, 0.25) is 5.02 Å². The second-order valence-corrected chi connectivity index (χ2v) is 5.54. The highest BCUT2D eigenvalue weighted by molar-refractivity contribution is 7.18. The van der Waals surface area contributed by atoms with Crippen LogP contribution in [0, 0.1) is 5.82 Å². The fraction of sp³-hybridized carbons (Fsp3) is 0.0714. The Balaban J connectivity index is 1.96. The number of fused-ring (bicyclic) bond motifs is 1. The van der Waals surface area contributed by atoms with E-state index >= 15 is 0 Å². The molecule has 0 fully saturated rings. The number of halogens is 2. The summed E-state index contributed by atoms with van der Waals surface area (Å²) in [6.07, 6.45) is 0.502. The largest absolute Gasteiger partial charge is 0.241 e. The average molecular weight is 278 g/mol. The third-order valence-electron chi connectivity index (χ3n) is 2.69. The first kappa shape index (κ1) is 11.6. The molecule has 90 valence electrons. The zero-order valence-electron chi connectivity index (χ0n) is 9.36. The van der Waals surface area contributed by atoms with Gasteiger partial charge in [0.05, 0.1) is 15.2 Å². The van der Waals surface area contributed by atoms with Crippen molar-refractivity contribution in [1.82, 2.24) is 4.98 Å². The molecule has 0 spiro atoms. The maximum absolute atomic E-state index is 13.7. The van der Waals surface area contributed by atoms with Crippen molar-refractivity contribution in [3.05, 3.63) is 63.9 Å². The summed E-state index contributed by atoms with van der Waals surface area (Å²) >= 11 is 7.33. The second kappa shape index (κ2) is 4.67. The molecule has 1 heterocycles. The van der Waals surface area contributed by atoms with Gasteiger partial charge in [-0.15, -0.1) is 11.3 Å². The first-order valence-electron chi connectivity index (χ1n) is 5.51. The number of hydrogen-bond acceptors (Lipinski definition) is 2. The lowest BCUT2D eigenvalue weighted by atomic mass is 10.1. The smallest absolute Gasteiger partial charge is 0.128 e. The lowest BCUT2D eigenvalue weighted by molar-refractivity contribution is 0.614. The molecule has 1 nitrogen and oxygen atoms in total. The summed E-state index contributed by atoms with van der Waals surface area (Å²) in [5.41, 5.74) is 1.59. The Morgan fingerprint density at radius 2 is 2.00 bits per heavy atom. The SMILES string of the molecule is Fc1cc(Cl)ccc1Cc1nc2ccccc2s1. The van der Waals surface area contributed by atoms with E-state index in [9.17, 15) is 4.39 Å². The molecule has 4 heteroatoms. The van der Waals surface area contributed by atoms with Crippen molar-refractivity contribution in [2.45, 2.75) is 6.42 Å². The Morgan fingerprint density at radius 3 is 2.78 bits per heavy atom. The van der Waals surface area contributed by atoms with E-state index < -0.39 is 0 Å². The number of hydrogen-bond donors (Lipinski definition) is 0. The average Bonchev–Trinajstić information content (AvgIpc) is 2.75. The third kappa shape index (κ3) is 2.24. The van der Waals surface area contributed by atoms with Gasteiger partial charge in [-0.25, -0.2) is 9.37 Å². The molecule has 0 saturated carbocycles. The Hall–Kier alpha value is -1.45. The predicted octanol–water partition coefficient (Wildman–Crippen LogP) is 4.68. The summed E-state index contributed by atoms with van der Waals surface area (Å²) in [5, 5.41) is 1.33. The highest BCUT2D eigenvalue weighted by Gasteiger charge is 2.08. The number of rotatable bonds is 2. The van der Waals surface area contributed by atoms with Crippen LogP contribution in [0.3, 0.4) is 0 Å². The number of aromatic nitrogens is 1. The molecule has 3 aromatic rings. The standard InChI is InChI=1S/C14H9ClFNS/c15-10-6-5-9(11(16)8-10)7-14-17-12-3-1-2-4-13(12)18-14/h1-6,8H,7H2. The maximum Gasteiger partial charge on any atom is 0.128 e. The Labute approximate surface area is 113 Å². The van der Waals surface area contributed by atoms with E-state index in [-0.39, 0.29) is 5.82 Å². The summed E-state index contributed by atoms with van der Waals surface area (Å²) in [7, 11) is 0. The van der Waals surface area contributed by atoms with E-state index in [1.165, 1.54) is 6.07 Å². The van der Waals surface area contributed by atoms with Crippen LogP contribution in [-0.2, 0) is 6.42 Å². The van der Waals surface area contributed by atoms with Crippen LogP contribution in [-0.4, -0.2) is 4.98 Å². The summed E-state index contributed by atoms with van der Waals surface area (Å²) in [4.78, 5) is 4.49. The lowest BCUT2D eigenvalue weighted by Crippen LogP contribution is -1.91. The number of para-hydroxylation sites is 1. The molecule has 1 aromatic heterocycles. The summed E-state index contributed by atoms with van der Waals surface area (Å²) in [5.74, 6) is -0.276. The quantitative estimate of drug-likeness (QED) is 0.663. The molecule has 0 aliphatic rings. The predicted molar refractivity (Wildman–Crippen MR) is 73.8 cm³/mol. The zero-order chi connectivity index (χ0) is 12.5. The van der Waals surface area contributed by atoms with Gasteiger partial charge in [0.1, 0.15) is 5.82 Å². The molecule has 18 heavy (non-hydrogen) atoms. The lowest BCUT2D eigenvalue weighted by Gasteiger charge is -2.00. The van der Waals surface area contributed by atoms with E-state index in [1.807, 2.05) is 24.3 Å². The van der Waals surface area contributed by atoms with Crippen molar-refractivity contribution in [2.75, 3.05) is 0 Å². The highest BCUT2D eigenvalue weighted by atomic mass is 35.5. The fourth-order valence-electron chi connectivity index (χ4n) is 1.82. The van der Waals surface area contributed by atoms with Gasteiger partial charge in [0.2, 0.25) is 0 Å². The van der Waals surface area contributed by atoms with Crippen molar-refractivity contribution >= 4 is 33.2 Å². The van der Waals surface area contributed by atoms with Gasteiger partial charge < -0.3 is 0 Å². The van der Waals surface area contributed by atoms with Gasteiger partial charge in [-0.1, -0.05) is 29.8 Å². The summed E-state index contributed by atoms with van der Waals surface area (Å²) in [6, 6.07) is 12.7. The van der Waals surface area contributed by atoms with Crippen LogP contribution in [0.15, 0.2) is 42.5 Å². The van der Waals surface area contributed by atoms with Crippen molar-refractivity contribution < 1.29 is 4.39 Å². The molecule has 0 aliphatic carbocycles. The van der Waals surface area contributed by atoms with Crippen LogP contribution in [0.25, 0.3) is 10.2 Å². The molecule has 3 rings (SSSR count). The zero-order valence-corrected chi connectivity index (χ0v) is 10.9. The molecule has 0 N–H and O–H groups in total. The molecular formula is C14H9ClFNS. The molecular weight excluding hydrogens is 269 g/mol. The summed E-state index contributed by atoms with van der Waals surface area (Å²) < 4.78 is 14.8. The third-order valence-corrected chi connectivity index (χ3v) is 3.97. The minimum Gasteiger partial charge on any atom is -0.241 e. The molecule has 2 aromatic carbocycles. The number of nitrogens with zero attached hydrogens (tertiary/aromatic N) is 1. The van der Waals surface area contributed by atoms with E-state index in [1.54, 1.807) is 23.5 Å². The molecule has 0 atom stereocenters. The number of benzene rings is 2. The van der Waals surface area contributed by atoms with Crippen LogP contribution in [0.5, 0.6) is 0 Å². The van der Waals surface area contributed by atoms with Gasteiger partial charge in [-0.05, 0) is 29.8 Å². The monoisotopic (exact) mass is 277 g/mol. The van der Waals surface area contributed by atoms with Gasteiger partial charge in [0, 0.05) is 11.4 Å². The highest BCUT2D eigenvalue weighted by Crippen LogP contribution is 2.25. The van der Waals surface area contributed by atoms with Crippen LogP contribution in [0.1, 0.15) is 10.6 Å². The minimum absolute atomic E-state index is 0.276. The fourth-order valence-corrected chi connectivity index (χ4v) is 2.97. The van der Waals surface area contributed by atoms with Crippen molar-refractivity contribution in [3.8, 4) is 0 Å². The number of thiazole rings is 1. The van der Waals surface area contributed by atoms with Gasteiger partial charge in [-0.2, -0.15) is 0 Å². The van der Waals surface area contributed by atoms with Gasteiger partial charge >= 0.3 is 0 Å². The molecule has 0 radical (unpaired) electrons. The summed E-state index contributed by atoms with van der Waals surface area (Å²) in [6.45, 7) is 0. The van der Waals surface area contributed by atoms with Gasteiger partial charge in [0.25, 0.3) is 0 Å². The van der Waals surface area contributed by atoms with E-state index in [2.05, 4.69) is 4.98 Å². The second-order valence-electron chi connectivity index (χ2n) is 3.99. The normalized spacial score (nSPS) is 11.0. The Bertz CT molecular complexity index is 675. The molecule has 0 amide bonds.